The number of methoxy groups -OCH3 is 1. The van der Waals surface area contributed by atoms with E-state index >= 15 is 0 Å². The fraction of sp³-hybridized carbons (Fsp3) is 0.600. The predicted molar refractivity (Wildman–Crippen MR) is 77.9 cm³/mol. The second-order valence-corrected chi connectivity index (χ2v) is 5.36. The van der Waals surface area contributed by atoms with Gasteiger partial charge in [0.25, 0.3) is 0 Å². The smallest absolute Gasteiger partial charge is 0.123 e. The molecule has 0 aliphatic carbocycles. The summed E-state index contributed by atoms with van der Waals surface area (Å²) in [5, 5.41) is 4.15. The van der Waals surface area contributed by atoms with Crippen LogP contribution in [-0.2, 0) is 4.74 Å². The van der Waals surface area contributed by atoms with E-state index in [1.54, 1.807) is 7.11 Å². The lowest BCUT2D eigenvalue weighted by Crippen LogP contribution is -2.31. The van der Waals surface area contributed by atoms with Crippen molar-refractivity contribution >= 4 is 11.6 Å². The lowest BCUT2D eigenvalue weighted by Gasteiger charge is -2.28. The minimum Gasteiger partial charge on any atom is -0.496 e. The van der Waals surface area contributed by atoms with E-state index in [4.69, 9.17) is 21.1 Å². The molecule has 0 bridgehead atoms. The van der Waals surface area contributed by atoms with Crippen LogP contribution in [0.3, 0.4) is 0 Å². The Bertz CT molecular complexity index is 425. The van der Waals surface area contributed by atoms with Crippen molar-refractivity contribution in [1.29, 1.82) is 0 Å². The van der Waals surface area contributed by atoms with Gasteiger partial charge in [-0.15, -0.1) is 0 Å². The molecule has 1 heterocycles. The lowest BCUT2D eigenvalue weighted by molar-refractivity contribution is 0.0780. The van der Waals surface area contributed by atoms with Crippen LogP contribution < -0.4 is 10.1 Å². The Morgan fingerprint density at radius 2 is 2.32 bits per heavy atom. The molecule has 1 fully saturated rings. The number of halogens is 1. The van der Waals surface area contributed by atoms with Crippen molar-refractivity contribution in [2.75, 3.05) is 20.8 Å². The molecule has 1 N–H and O–H groups in total. The first-order valence-corrected chi connectivity index (χ1v) is 7.21. The molecule has 0 amide bonds. The van der Waals surface area contributed by atoms with E-state index in [9.17, 15) is 0 Å². The van der Waals surface area contributed by atoms with E-state index in [1.165, 1.54) is 0 Å². The summed E-state index contributed by atoms with van der Waals surface area (Å²) in [6, 6.07) is 5.99. The molecule has 1 saturated heterocycles. The molecule has 0 spiro atoms. The molecule has 1 aliphatic heterocycles. The van der Waals surface area contributed by atoms with Crippen LogP contribution in [0.5, 0.6) is 5.75 Å². The average molecular weight is 284 g/mol. The Hall–Kier alpha value is -0.770. The van der Waals surface area contributed by atoms with Crippen LogP contribution >= 0.6 is 11.6 Å². The van der Waals surface area contributed by atoms with Crippen LogP contribution in [0.4, 0.5) is 0 Å². The van der Waals surface area contributed by atoms with Gasteiger partial charge in [-0.1, -0.05) is 18.5 Å². The number of hydrogen-bond acceptors (Lipinski definition) is 3. The SMILES string of the molecule is CCC1OCCC1C(NC)c1cc(Cl)ccc1OC. The maximum atomic E-state index is 6.14. The Balaban J connectivity index is 2.33. The van der Waals surface area contributed by atoms with Crippen molar-refractivity contribution in [3.63, 3.8) is 0 Å². The molecule has 4 heteroatoms. The third-order valence-electron chi connectivity index (χ3n) is 3.93. The van der Waals surface area contributed by atoms with E-state index in [2.05, 4.69) is 12.2 Å². The summed E-state index contributed by atoms with van der Waals surface area (Å²) in [7, 11) is 3.68. The second-order valence-electron chi connectivity index (χ2n) is 4.92. The number of benzene rings is 1. The molecule has 2 rings (SSSR count). The van der Waals surface area contributed by atoms with Crippen molar-refractivity contribution in [3.05, 3.63) is 28.8 Å². The number of rotatable bonds is 5. The van der Waals surface area contributed by atoms with Gasteiger partial charge in [0.2, 0.25) is 0 Å². The minimum atomic E-state index is 0.209. The normalized spacial score (nSPS) is 24.4. The highest BCUT2D eigenvalue weighted by Crippen LogP contribution is 2.39. The number of hydrogen-bond donors (Lipinski definition) is 1. The standard InChI is InChI=1S/C15H22ClNO2/c1-4-13-11(7-8-19-13)15(17-2)12-9-10(16)5-6-14(12)18-3/h5-6,9,11,13,15,17H,4,7-8H2,1-3H3. The Kier molecular flexibility index (Phi) is 5.08. The maximum Gasteiger partial charge on any atom is 0.123 e. The summed E-state index contributed by atoms with van der Waals surface area (Å²) in [5.41, 5.74) is 1.12. The molecule has 1 aliphatic rings. The van der Waals surface area contributed by atoms with Crippen LogP contribution in [0, 0.1) is 5.92 Å². The Morgan fingerprint density at radius 1 is 1.53 bits per heavy atom. The minimum absolute atomic E-state index is 0.209. The fourth-order valence-corrected chi connectivity index (χ4v) is 3.20. The van der Waals surface area contributed by atoms with E-state index < -0.39 is 0 Å². The van der Waals surface area contributed by atoms with Gasteiger partial charge in [-0.25, -0.2) is 0 Å². The first kappa shape index (κ1) is 14.6. The Labute approximate surface area is 120 Å². The van der Waals surface area contributed by atoms with Crippen molar-refractivity contribution in [2.24, 2.45) is 5.92 Å². The van der Waals surface area contributed by atoms with Gasteiger partial charge in [-0.3, -0.25) is 0 Å². The molecule has 1 aromatic carbocycles. The van der Waals surface area contributed by atoms with Crippen molar-refractivity contribution in [3.8, 4) is 5.75 Å². The van der Waals surface area contributed by atoms with Crippen LogP contribution in [0.1, 0.15) is 31.4 Å². The molecule has 0 saturated carbocycles. The first-order valence-electron chi connectivity index (χ1n) is 6.83. The number of nitrogens with one attached hydrogen (secondary N) is 1. The molecule has 3 unspecified atom stereocenters. The van der Waals surface area contributed by atoms with Gasteiger partial charge in [-0.2, -0.15) is 0 Å². The predicted octanol–water partition coefficient (Wildman–Crippen LogP) is 3.42. The van der Waals surface area contributed by atoms with Gasteiger partial charge in [-0.05, 0) is 38.1 Å². The van der Waals surface area contributed by atoms with Gasteiger partial charge in [0, 0.05) is 29.2 Å². The van der Waals surface area contributed by atoms with Crippen molar-refractivity contribution < 1.29 is 9.47 Å². The van der Waals surface area contributed by atoms with E-state index in [0.717, 1.165) is 35.8 Å². The fourth-order valence-electron chi connectivity index (χ4n) is 3.02. The monoisotopic (exact) mass is 283 g/mol. The van der Waals surface area contributed by atoms with Crippen LogP contribution in [0.15, 0.2) is 18.2 Å². The van der Waals surface area contributed by atoms with Crippen molar-refractivity contribution in [1.82, 2.24) is 5.32 Å². The zero-order valence-corrected chi connectivity index (χ0v) is 12.5. The van der Waals surface area contributed by atoms with Gasteiger partial charge >= 0.3 is 0 Å². The third kappa shape index (κ3) is 3.04. The quantitative estimate of drug-likeness (QED) is 0.898. The lowest BCUT2D eigenvalue weighted by atomic mass is 9.86. The highest BCUT2D eigenvalue weighted by molar-refractivity contribution is 6.30. The largest absolute Gasteiger partial charge is 0.496 e. The van der Waals surface area contributed by atoms with Crippen LogP contribution in [-0.4, -0.2) is 26.9 Å². The second kappa shape index (κ2) is 6.60. The first-order chi connectivity index (χ1) is 9.21. The van der Waals surface area contributed by atoms with E-state index in [-0.39, 0.29) is 6.04 Å². The molecule has 19 heavy (non-hydrogen) atoms. The summed E-state index contributed by atoms with van der Waals surface area (Å²) in [4.78, 5) is 0. The van der Waals surface area contributed by atoms with Gasteiger partial charge in [0.1, 0.15) is 5.75 Å². The Morgan fingerprint density at radius 3 is 2.95 bits per heavy atom. The van der Waals surface area contributed by atoms with E-state index in [0.29, 0.717) is 12.0 Å². The highest BCUT2D eigenvalue weighted by Gasteiger charge is 2.35. The average Bonchev–Trinajstić information content (AvgIpc) is 2.88. The molecule has 106 valence electrons. The molecular weight excluding hydrogens is 262 g/mol. The van der Waals surface area contributed by atoms with Crippen LogP contribution in [0.25, 0.3) is 0 Å². The summed E-state index contributed by atoms with van der Waals surface area (Å²) >= 11 is 6.14. The molecule has 3 nitrogen and oxygen atoms in total. The summed E-state index contributed by atoms with van der Waals surface area (Å²) < 4.78 is 11.3. The molecule has 3 atom stereocenters. The zero-order valence-electron chi connectivity index (χ0n) is 11.8. The van der Waals surface area contributed by atoms with Gasteiger partial charge in [0.05, 0.1) is 13.2 Å². The summed E-state index contributed by atoms with van der Waals surface area (Å²) in [5.74, 6) is 1.34. The molecule has 0 radical (unpaired) electrons. The molecule has 1 aromatic rings. The topological polar surface area (TPSA) is 30.5 Å². The maximum absolute atomic E-state index is 6.14. The van der Waals surface area contributed by atoms with Crippen LogP contribution in [0.2, 0.25) is 5.02 Å². The van der Waals surface area contributed by atoms with Gasteiger partial charge < -0.3 is 14.8 Å². The van der Waals surface area contributed by atoms with Gasteiger partial charge in [0.15, 0.2) is 0 Å². The molecule has 0 aromatic heterocycles. The van der Waals surface area contributed by atoms with Crippen molar-refractivity contribution in [2.45, 2.75) is 31.9 Å². The number of ether oxygens (including phenoxy) is 2. The summed E-state index contributed by atoms with van der Waals surface area (Å²) in [6.07, 6.45) is 2.41. The zero-order chi connectivity index (χ0) is 13.8. The van der Waals surface area contributed by atoms with E-state index in [1.807, 2.05) is 25.2 Å². The third-order valence-corrected chi connectivity index (χ3v) is 4.16. The summed E-state index contributed by atoms with van der Waals surface area (Å²) in [6.45, 7) is 3.01. The molecular formula is C15H22ClNO2. The highest BCUT2D eigenvalue weighted by atomic mass is 35.5.